The third-order valence-corrected chi connectivity index (χ3v) is 3.58. The van der Waals surface area contributed by atoms with Gasteiger partial charge in [-0.25, -0.2) is 4.79 Å². The number of carbonyl (C=O) groups is 1. The van der Waals surface area contributed by atoms with Gasteiger partial charge >= 0.3 is 6.03 Å². The van der Waals surface area contributed by atoms with Gasteiger partial charge in [-0.3, -0.25) is 0 Å². The van der Waals surface area contributed by atoms with E-state index in [2.05, 4.69) is 22.8 Å². The number of methoxy groups -OCH3 is 1. The number of primary amides is 1. The third-order valence-electron chi connectivity index (χ3n) is 3.58. The summed E-state index contributed by atoms with van der Waals surface area (Å²) in [5.41, 5.74) is 6.36. The molecule has 2 amide bonds. The van der Waals surface area contributed by atoms with Gasteiger partial charge in [0, 0.05) is 19.1 Å². The number of rotatable bonds is 6. The predicted molar refractivity (Wildman–Crippen MR) is 74.3 cm³/mol. The molecule has 0 aliphatic heterocycles. The maximum atomic E-state index is 10.5. The molecule has 0 atom stereocenters. The molecule has 19 heavy (non-hydrogen) atoms. The van der Waals surface area contributed by atoms with Crippen LogP contribution in [0.5, 0.6) is 5.75 Å². The Morgan fingerprint density at radius 1 is 1.32 bits per heavy atom. The molecule has 1 saturated carbocycles. The number of carbonyl (C=O) groups excluding carboxylic acids is 1. The minimum Gasteiger partial charge on any atom is -0.497 e. The average Bonchev–Trinajstić information content (AvgIpc) is 2.36. The summed E-state index contributed by atoms with van der Waals surface area (Å²) in [6, 6.07) is 8.36. The maximum Gasteiger partial charge on any atom is 0.312 e. The minimum atomic E-state index is -0.466. The molecule has 0 unspecified atom stereocenters. The van der Waals surface area contributed by atoms with Crippen LogP contribution in [0, 0.1) is 0 Å². The number of benzene rings is 1. The van der Waals surface area contributed by atoms with Gasteiger partial charge in [0.2, 0.25) is 0 Å². The predicted octanol–water partition coefficient (Wildman–Crippen LogP) is 1.20. The molecule has 1 aliphatic rings. The summed E-state index contributed by atoms with van der Waals surface area (Å²) >= 11 is 0. The molecule has 1 fully saturated rings. The summed E-state index contributed by atoms with van der Waals surface area (Å²) in [4.78, 5) is 10.5. The van der Waals surface area contributed by atoms with Gasteiger partial charge in [-0.05, 0) is 36.5 Å². The van der Waals surface area contributed by atoms with Crippen LogP contribution in [0.25, 0.3) is 0 Å². The van der Waals surface area contributed by atoms with Gasteiger partial charge in [0.05, 0.1) is 7.11 Å². The highest BCUT2D eigenvalue weighted by Gasteiger charge is 2.29. The van der Waals surface area contributed by atoms with E-state index in [9.17, 15) is 4.79 Å². The normalized spacial score (nSPS) is 21.5. The second-order valence-corrected chi connectivity index (χ2v) is 4.88. The van der Waals surface area contributed by atoms with Gasteiger partial charge in [-0.2, -0.15) is 0 Å². The van der Waals surface area contributed by atoms with Crippen molar-refractivity contribution in [3.05, 3.63) is 29.8 Å². The van der Waals surface area contributed by atoms with E-state index >= 15 is 0 Å². The Morgan fingerprint density at radius 2 is 2.00 bits per heavy atom. The quantitative estimate of drug-likeness (QED) is 0.675. The lowest BCUT2D eigenvalue weighted by Gasteiger charge is -2.36. The summed E-state index contributed by atoms with van der Waals surface area (Å²) in [7, 11) is 1.68. The molecule has 5 nitrogen and oxygen atoms in total. The molecular weight excluding hydrogens is 242 g/mol. The SMILES string of the molecule is COc1ccc(C2CC(NCCNC(N)=O)C2)cc1. The number of nitrogens with one attached hydrogen (secondary N) is 2. The molecule has 104 valence electrons. The number of nitrogens with two attached hydrogens (primary N) is 1. The molecule has 0 aromatic heterocycles. The Morgan fingerprint density at radius 3 is 2.58 bits per heavy atom. The minimum absolute atomic E-state index is 0.466. The lowest BCUT2D eigenvalue weighted by molar-refractivity contribution is 0.247. The summed E-state index contributed by atoms with van der Waals surface area (Å²) in [5, 5.41) is 5.97. The smallest absolute Gasteiger partial charge is 0.312 e. The van der Waals surface area contributed by atoms with Crippen LogP contribution in [0.1, 0.15) is 24.3 Å². The zero-order valence-electron chi connectivity index (χ0n) is 11.2. The van der Waals surface area contributed by atoms with Crippen molar-refractivity contribution in [2.24, 2.45) is 5.73 Å². The topological polar surface area (TPSA) is 76.4 Å². The second kappa shape index (κ2) is 6.43. The third kappa shape index (κ3) is 3.86. The van der Waals surface area contributed by atoms with E-state index in [4.69, 9.17) is 10.5 Å². The first kappa shape index (κ1) is 13.7. The molecule has 2 rings (SSSR count). The number of hydrogen-bond donors (Lipinski definition) is 3. The van der Waals surface area contributed by atoms with Crippen molar-refractivity contribution < 1.29 is 9.53 Å². The molecule has 0 saturated heterocycles. The lowest BCUT2D eigenvalue weighted by Crippen LogP contribution is -2.44. The van der Waals surface area contributed by atoms with Gasteiger partial charge in [-0.15, -0.1) is 0 Å². The first-order valence-electron chi connectivity index (χ1n) is 6.59. The number of hydrogen-bond acceptors (Lipinski definition) is 3. The molecule has 0 bridgehead atoms. The van der Waals surface area contributed by atoms with Crippen LogP contribution in [0.4, 0.5) is 4.79 Å². The van der Waals surface area contributed by atoms with E-state index in [1.807, 2.05) is 12.1 Å². The van der Waals surface area contributed by atoms with E-state index in [0.29, 0.717) is 18.5 Å². The molecular formula is C14H21N3O2. The fraction of sp³-hybridized carbons (Fsp3) is 0.500. The molecule has 0 radical (unpaired) electrons. The van der Waals surface area contributed by atoms with Crippen LogP contribution in [0.3, 0.4) is 0 Å². The molecule has 0 spiro atoms. The van der Waals surface area contributed by atoms with Crippen molar-refractivity contribution in [2.45, 2.75) is 24.8 Å². The highest BCUT2D eigenvalue weighted by molar-refractivity contribution is 5.71. The van der Waals surface area contributed by atoms with Crippen LogP contribution in [0.2, 0.25) is 0 Å². The van der Waals surface area contributed by atoms with E-state index in [1.165, 1.54) is 5.56 Å². The van der Waals surface area contributed by atoms with E-state index in [0.717, 1.165) is 25.1 Å². The van der Waals surface area contributed by atoms with Gasteiger partial charge in [-0.1, -0.05) is 12.1 Å². The average molecular weight is 263 g/mol. The van der Waals surface area contributed by atoms with Crippen LogP contribution >= 0.6 is 0 Å². The molecule has 1 aromatic carbocycles. The Bertz CT molecular complexity index is 413. The molecule has 4 N–H and O–H groups in total. The zero-order chi connectivity index (χ0) is 13.7. The van der Waals surface area contributed by atoms with Gasteiger partial charge in [0.1, 0.15) is 5.75 Å². The van der Waals surface area contributed by atoms with Gasteiger partial charge < -0.3 is 21.1 Å². The Labute approximate surface area is 113 Å². The first-order valence-corrected chi connectivity index (χ1v) is 6.59. The number of ether oxygens (including phenoxy) is 1. The highest BCUT2D eigenvalue weighted by atomic mass is 16.5. The lowest BCUT2D eigenvalue weighted by atomic mass is 9.76. The van der Waals surface area contributed by atoms with Crippen molar-refractivity contribution in [1.29, 1.82) is 0 Å². The molecule has 5 heteroatoms. The molecule has 0 heterocycles. The number of amides is 2. The van der Waals surface area contributed by atoms with Crippen molar-refractivity contribution >= 4 is 6.03 Å². The number of urea groups is 1. The van der Waals surface area contributed by atoms with E-state index < -0.39 is 6.03 Å². The maximum absolute atomic E-state index is 10.5. The Kier molecular flexibility index (Phi) is 4.63. The highest BCUT2D eigenvalue weighted by Crippen LogP contribution is 2.37. The fourth-order valence-electron chi connectivity index (χ4n) is 2.39. The van der Waals surface area contributed by atoms with Crippen molar-refractivity contribution in [3.8, 4) is 5.75 Å². The van der Waals surface area contributed by atoms with Crippen molar-refractivity contribution in [2.75, 3.05) is 20.2 Å². The first-order chi connectivity index (χ1) is 9.19. The fourth-order valence-corrected chi connectivity index (χ4v) is 2.39. The Hall–Kier alpha value is -1.75. The van der Waals surface area contributed by atoms with Gasteiger partial charge in [0.25, 0.3) is 0 Å². The monoisotopic (exact) mass is 263 g/mol. The molecule has 1 aromatic rings. The Balaban J connectivity index is 1.66. The van der Waals surface area contributed by atoms with Crippen LogP contribution in [-0.4, -0.2) is 32.3 Å². The van der Waals surface area contributed by atoms with Gasteiger partial charge in [0.15, 0.2) is 0 Å². The second-order valence-electron chi connectivity index (χ2n) is 4.88. The van der Waals surface area contributed by atoms with E-state index in [-0.39, 0.29) is 0 Å². The summed E-state index contributed by atoms with van der Waals surface area (Å²) in [5.74, 6) is 1.53. The van der Waals surface area contributed by atoms with Crippen LogP contribution < -0.4 is 21.1 Å². The summed E-state index contributed by atoms with van der Waals surface area (Å²) < 4.78 is 5.15. The molecule has 1 aliphatic carbocycles. The standard InChI is InChI=1S/C14H21N3O2/c1-19-13-4-2-10(3-5-13)11-8-12(9-11)16-6-7-17-14(15)18/h2-5,11-12,16H,6-9H2,1H3,(H3,15,17,18). The van der Waals surface area contributed by atoms with Crippen LogP contribution in [-0.2, 0) is 0 Å². The zero-order valence-corrected chi connectivity index (χ0v) is 11.2. The van der Waals surface area contributed by atoms with E-state index in [1.54, 1.807) is 7.11 Å². The van der Waals surface area contributed by atoms with Crippen molar-refractivity contribution in [1.82, 2.24) is 10.6 Å². The summed E-state index contributed by atoms with van der Waals surface area (Å²) in [6.45, 7) is 1.35. The van der Waals surface area contributed by atoms with Crippen LogP contribution in [0.15, 0.2) is 24.3 Å². The summed E-state index contributed by atoms with van der Waals surface area (Å²) in [6.07, 6.45) is 2.28. The van der Waals surface area contributed by atoms with Crippen molar-refractivity contribution in [3.63, 3.8) is 0 Å². The largest absolute Gasteiger partial charge is 0.497 e.